The molecule has 0 fully saturated rings. The van der Waals surface area contributed by atoms with Gasteiger partial charge in [-0.05, 0) is 60.2 Å². The van der Waals surface area contributed by atoms with Crippen LogP contribution in [0.1, 0.15) is 0 Å². The van der Waals surface area contributed by atoms with Crippen molar-refractivity contribution in [3.8, 4) is 34.1 Å². The predicted octanol–water partition coefficient (Wildman–Crippen LogP) is 7.64. The molecule has 2 nitrogen and oxygen atoms in total. The summed E-state index contributed by atoms with van der Waals surface area (Å²) in [6.07, 6.45) is 0. The Balaban J connectivity index is 1.65. The van der Waals surface area contributed by atoms with E-state index in [2.05, 4.69) is 22.0 Å². The van der Waals surface area contributed by atoms with Crippen LogP contribution in [0.15, 0.2) is 95.5 Å². The molecule has 0 bridgehead atoms. The standard InChI is InChI=1S/C24H15BrFO2/c25-18-8-6-10-20(16-18)27-19-9-5-7-17(15-19)21-11-1-3-13-23(21)28-24-14-4-2-12-22(24)26/h1-10,12-16H. The Bertz CT molecular complexity index is 1110. The third-order valence-corrected chi connectivity index (χ3v) is 4.52. The van der Waals surface area contributed by atoms with Crippen LogP contribution in [0.2, 0.25) is 0 Å². The smallest absolute Gasteiger partial charge is 0.165 e. The van der Waals surface area contributed by atoms with Crippen molar-refractivity contribution in [3.63, 3.8) is 0 Å². The minimum Gasteiger partial charge on any atom is -0.457 e. The second-order valence-corrected chi connectivity index (χ2v) is 6.94. The fraction of sp³-hybridized carbons (Fsp3) is 0. The normalized spacial score (nSPS) is 10.5. The zero-order chi connectivity index (χ0) is 19.3. The number of benzene rings is 4. The monoisotopic (exact) mass is 433 g/mol. The van der Waals surface area contributed by atoms with Gasteiger partial charge in [-0.3, -0.25) is 0 Å². The van der Waals surface area contributed by atoms with E-state index in [0.717, 1.165) is 21.3 Å². The number of hydrogen-bond donors (Lipinski definition) is 0. The predicted molar refractivity (Wildman–Crippen MR) is 111 cm³/mol. The first kappa shape index (κ1) is 18.3. The summed E-state index contributed by atoms with van der Waals surface area (Å²) in [6, 6.07) is 30.2. The maximum absolute atomic E-state index is 14.0. The Morgan fingerprint density at radius 2 is 1.46 bits per heavy atom. The Labute approximate surface area is 171 Å². The highest BCUT2D eigenvalue weighted by Gasteiger charge is 2.11. The molecule has 0 amide bonds. The summed E-state index contributed by atoms with van der Waals surface area (Å²) in [5, 5.41) is 0. The molecule has 0 aliphatic heterocycles. The van der Waals surface area contributed by atoms with Gasteiger partial charge in [-0.2, -0.15) is 0 Å². The van der Waals surface area contributed by atoms with Crippen LogP contribution < -0.4 is 9.47 Å². The van der Waals surface area contributed by atoms with E-state index in [-0.39, 0.29) is 5.75 Å². The van der Waals surface area contributed by atoms with Crippen molar-refractivity contribution in [1.82, 2.24) is 0 Å². The van der Waals surface area contributed by atoms with Gasteiger partial charge in [0.2, 0.25) is 0 Å². The molecule has 137 valence electrons. The van der Waals surface area contributed by atoms with Crippen LogP contribution in [-0.4, -0.2) is 0 Å². The van der Waals surface area contributed by atoms with E-state index in [1.54, 1.807) is 30.3 Å². The zero-order valence-electron chi connectivity index (χ0n) is 14.7. The Kier molecular flexibility index (Phi) is 5.40. The summed E-state index contributed by atoms with van der Waals surface area (Å²) < 4.78 is 26.7. The van der Waals surface area contributed by atoms with Crippen molar-refractivity contribution in [3.05, 3.63) is 107 Å². The van der Waals surface area contributed by atoms with E-state index < -0.39 is 5.82 Å². The van der Waals surface area contributed by atoms with Crippen LogP contribution in [0.4, 0.5) is 4.39 Å². The van der Waals surface area contributed by atoms with Gasteiger partial charge in [0, 0.05) is 10.0 Å². The average molecular weight is 434 g/mol. The van der Waals surface area contributed by atoms with Gasteiger partial charge in [0.05, 0.1) is 0 Å². The Morgan fingerprint density at radius 1 is 0.714 bits per heavy atom. The molecule has 0 aliphatic rings. The summed E-state index contributed by atoms with van der Waals surface area (Å²) in [7, 11) is 0. The zero-order valence-corrected chi connectivity index (χ0v) is 16.3. The lowest BCUT2D eigenvalue weighted by molar-refractivity contribution is 0.443. The van der Waals surface area contributed by atoms with Gasteiger partial charge in [-0.15, -0.1) is 0 Å². The van der Waals surface area contributed by atoms with Gasteiger partial charge in [0.1, 0.15) is 17.2 Å². The summed E-state index contributed by atoms with van der Waals surface area (Å²) >= 11 is 3.44. The van der Waals surface area contributed by atoms with Crippen LogP contribution in [0.25, 0.3) is 11.1 Å². The second kappa shape index (κ2) is 8.28. The molecule has 0 spiro atoms. The van der Waals surface area contributed by atoms with Crippen molar-refractivity contribution in [2.75, 3.05) is 0 Å². The number of para-hydroxylation sites is 1. The molecule has 0 N–H and O–H groups in total. The first-order chi connectivity index (χ1) is 13.7. The van der Waals surface area contributed by atoms with Crippen LogP contribution >= 0.6 is 15.9 Å². The molecule has 0 unspecified atom stereocenters. The molecule has 1 radical (unpaired) electrons. The van der Waals surface area contributed by atoms with Crippen LogP contribution in [0.3, 0.4) is 0 Å². The maximum Gasteiger partial charge on any atom is 0.165 e. The molecule has 0 atom stereocenters. The summed E-state index contributed by atoms with van der Waals surface area (Å²) in [6.45, 7) is 0. The molecule has 4 aromatic rings. The first-order valence-electron chi connectivity index (χ1n) is 8.66. The van der Waals surface area contributed by atoms with Gasteiger partial charge in [-0.1, -0.05) is 58.4 Å². The SMILES string of the molecule is Fc1ccccc1Oc1ccc[c]c1-c1cccc(Oc2cccc(Br)c2)c1. The average Bonchev–Trinajstić information content (AvgIpc) is 2.70. The highest BCUT2D eigenvalue weighted by Crippen LogP contribution is 2.36. The van der Waals surface area contributed by atoms with E-state index in [0.29, 0.717) is 11.5 Å². The van der Waals surface area contributed by atoms with Crippen LogP contribution in [0, 0.1) is 11.9 Å². The van der Waals surface area contributed by atoms with E-state index in [4.69, 9.17) is 9.47 Å². The highest BCUT2D eigenvalue weighted by atomic mass is 79.9. The molecule has 4 aromatic carbocycles. The number of hydrogen-bond acceptors (Lipinski definition) is 2. The molecular weight excluding hydrogens is 419 g/mol. The van der Waals surface area contributed by atoms with Crippen molar-refractivity contribution in [2.45, 2.75) is 0 Å². The molecule has 0 aliphatic carbocycles. The minimum absolute atomic E-state index is 0.171. The third kappa shape index (κ3) is 4.24. The van der Waals surface area contributed by atoms with Crippen molar-refractivity contribution in [2.24, 2.45) is 0 Å². The van der Waals surface area contributed by atoms with Crippen molar-refractivity contribution in [1.29, 1.82) is 0 Å². The molecule has 4 heteroatoms. The quantitative estimate of drug-likeness (QED) is 0.321. The minimum atomic E-state index is -0.413. The molecule has 4 rings (SSSR count). The summed E-state index contributed by atoms with van der Waals surface area (Å²) in [5.41, 5.74) is 1.59. The van der Waals surface area contributed by atoms with Gasteiger partial charge < -0.3 is 9.47 Å². The molecule has 0 saturated heterocycles. The first-order valence-corrected chi connectivity index (χ1v) is 9.45. The van der Waals surface area contributed by atoms with Crippen molar-refractivity contribution < 1.29 is 13.9 Å². The fourth-order valence-corrected chi connectivity index (χ4v) is 3.14. The number of rotatable bonds is 5. The van der Waals surface area contributed by atoms with Crippen molar-refractivity contribution >= 4 is 15.9 Å². The topological polar surface area (TPSA) is 18.5 Å². The molecule has 0 aromatic heterocycles. The summed E-state index contributed by atoms with van der Waals surface area (Å²) in [5.74, 6) is 1.69. The Hall–Kier alpha value is -3.11. The summed E-state index contributed by atoms with van der Waals surface area (Å²) in [4.78, 5) is 0. The molecule has 28 heavy (non-hydrogen) atoms. The molecular formula is C24H15BrFO2. The fourth-order valence-electron chi connectivity index (χ4n) is 2.76. The lowest BCUT2D eigenvalue weighted by atomic mass is 10.0. The Morgan fingerprint density at radius 3 is 2.29 bits per heavy atom. The molecule has 0 heterocycles. The second-order valence-electron chi connectivity index (χ2n) is 6.03. The number of halogens is 2. The van der Waals surface area contributed by atoms with Gasteiger partial charge >= 0.3 is 0 Å². The van der Waals surface area contributed by atoms with E-state index in [1.165, 1.54) is 6.07 Å². The van der Waals surface area contributed by atoms with E-state index in [1.807, 2.05) is 54.6 Å². The third-order valence-electron chi connectivity index (χ3n) is 4.03. The van der Waals surface area contributed by atoms with Crippen LogP contribution in [0.5, 0.6) is 23.0 Å². The van der Waals surface area contributed by atoms with E-state index in [9.17, 15) is 4.39 Å². The lowest BCUT2D eigenvalue weighted by Crippen LogP contribution is -1.91. The van der Waals surface area contributed by atoms with Gasteiger partial charge in [0.25, 0.3) is 0 Å². The molecule has 0 saturated carbocycles. The van der Waals surface area contributed by atoms with Crippen LogP contribution in [-0.2, 0) is 0 Å². The van der Waals surface area contributed by atoms with Gasteiger partial charge in [-0.25, -0.2) is 4.39 Å². The lowest BCUT2D eigenvalue weighted by Gasteiger charge is -2.13. The highest BCUT2D eigenvalue weighted by molar-refractivity contribution is 9.10. The maximum atomic E-state index is 14.0. The largest absolute Gasteiger partial charge is 0.457 e. The van der Waals surface area contributed by atoms with E-state index >= 15 is 0 Å². The van der Waals surface area contributed by atoms with Gasteiger partial charge in [0.15, 0.2) is 11.6 Å². The number of ether oxygens (including phenoxy) is 2.